The van der Waals surface area contributed by atoms with Crippen LogP contribution in [-0.2, 0) is 38.1 Å². The van der Waals surface area contributed by atoms with Gasteiger partial charge in [-0.1, -0.05) is 17.7 Å². The third-order valence-corrected chi connectivity index (χ3v) is 4.34. The number of hydrogen-bond donors (Lipinski definition) is 1. The fourth-order valence-corrected chi connectivity index (χ4v) is 3.14. The molecule has 31 heavy (non-hydrogen) atoms. The van der Waals surface area contributed by atoms with Gasteiger partial charge in [0.2, 0.25) is 12.2 Å². The Morgan fingerprint density at radius 1 is 0.903 bits per heavy atom. The number of aryl methyl sites for hydroxylation is 1. The molecule has 10 heteroatoms. The Labute approximate surface area is 180 Å². The number of amides is 1. The quantitative estimate of drug-likeness (QED) is 0.491. The van der Waals surface area contributed by atoms with Gasteiger partial charge in [0.25, 0.3) is 0 Å². The highest BCUT2D eigenvalue weighted by molar-refractivity contribution is 5.73. The summed E-state index contributed by atoms with van der Waals surface area (Å²) in [7, 11) is 0. The first-order valence-electron chi connectivity index (χ1n) is 9.70. The van der Waals surface area contributed by atoms with Crippen molar-refractivity contribution in [2.45, 2.75) is 65.3 Å². The number of carbonyl (C=O) groups excluding carboxylic acids is 4. The van der Waals surface area contributed by atoms with Crippen molar-refractivity contribution in [3.05, 3.63) is 29.8 Å². The SMILES string of the molecule is CC(=O)N[C@H]1[C@H](Oc2ccc(C)cc2)O[C@@H](COC(C)=O)[C@@H](OC(C)=O)[C@H]1OC(C)=O. The van der Waals surface area contributed by atoms with E-state index in [2.05, 4.69) is 5.32 Å². The summed E-state index contributed by atoms with van der Waals surface area (Å²) in [6, 6.07) is 6.06. The minimum absolute atomic E-state index is 0.286. The van der Waals surface area contributed by atoms with E-state index in [1.165, 1.54) is 27.7 Å². The first kappa shape index (κ1) is 24.1. The van der Waals surface area contributed by atoms with E-state index >= 15 is 0 Å². The normalized spacial score (nSPS) is 25.1. The lowest BCUT2D eigenvalue weighted by atomic mass is 9.96. The highest BCUT2D eigenvalue weighted by Gasteiger charge is 2.51. The molecule has 5 atom stereocenters. The number of nitrogens with one attached hydrogen (secondary N) is 1. The Hall–Kier alpha value is -3.14. The molecule has 0 aliphatic carbocycles. The molecule has 0 bridgehead atoms. The average Bonchev–Trinajstić information content (AvgIpc) is 2.65. The maximum absolute atomic E-state index is 11.9. The molecular formula is C21H27NO9. The molecule has 1 amide bonds. The highest BCUT2D eigenvalue weighted by Crippen LogP contribution is 2.29. The van der Waals surface area contributed by atoms with Crippen LogP contribution >= 0.6 is 0 Å². The molecule has 10 nitrogen and oxygen atoms in total. The summed E-state index contributed by atoms with van der Waals surface area (Å²) >= 11 is 0. The number of rotatable bonds is 7. The minimum Gasteiger partial charge on any atom is -0.463 e. The summed E-state index contributed by atoms with van der Waals surface area (Å²) < 4.78 is 27.6. The van der Waals surface area contributed by atoms with Crippen LogP contribution in [0, 0.1) is 6.92 Å². The van der Waals surface area contributed by atoms with Crippen molar-refractivity contribution in [2.75, 3.05) is 6.61 Å². The maximum atomic E-state index is 11.9. The first-order chi connectivity index (χ1) is 14.6. The van der Waals surface area contributed by atoms with Crippen molar-refractivity contribution in [1.82, 2.24) is 5.32 Å². The fraction of sp³-hybridized carbons (Fsp3) is 0.524. The standard InChI is InChI=1S/C21H27NO9/c1-11-6-8-16(9-7-11)30-21-18(22-12(2)23)20(29-15(5)26)19(28-14(4)25)17(31-21)10-27-13(3)24/h6-9,17-21H,10H2,1-5H3,(H,22,23)/t17-,18+,19+,20-,21+/m0/s1. The van der Waals surface area contributed by atoms with Crippen LogP contribution in [0.25, 0.3) is 0 Å². The molecule has 1 N–H and O–H groups in total. The Morgan fingerprint density at radius 2 is 1.48 bits per heavy atom. The van der Waals surface area contributed by atoms with Crippen LogP contribution in [0.3, 0.4) is 0 Å². The molecule has 1 fully saturated rings. The summed E-state index contributed by atoms with van der Waals surface area (Å²) in [5.74, 6) is -1.92. The first-order valence-corrected chi connectivity index (χ1v) is 9.70. The van der Waals surface area contributed by atoms with Crippen LogP contribution < -0.4 is 10.1 Å². The molecule has 1 aromatic carbocycles. The monoisotopic (exact) mass is 437 g/mol. The molecule has 2 rings (SSSR count). The Bertz CT molecular complexity index is 808. The van der Waals surface area contributed by atoms with Crippen molar-refractivity contribution < 1.29 is 42.9 Å². The minimum atomic E-state index is -1.16. The molecule has 1 aromatic rings. The number of ether oxygens (including phenoxy) is 5. The summed E-state index contributed by atoms with van der Waals surface area (Å²) in [5, 5.41) is 2.64. The summed E-state index contributed by atoms with van der Waals surface area (Å²) in [6.45, 7) is 6.48. The molecule has 1 heterocycles. The van der Waals surface area contributed by atoms with Crippen molar-refractivity contribution in [2.24, 2.45) is 0 Å². The second-order valence-corrected chi connectivity index (χ2v) is 7.15. The van der Waals surface area contributed by atoms with Crippen LogP contribution in [0.1, 0.15) is 33.3 Å². The van der Waals surface area contributed by atoms with E-state index in [0.29, 0.717) is 5.75 Å². The zero-order valence-electron chi connectivity index (χ0n) is 18.1. The predicted molar refractivity (Wildman–Crippen MR) is 106 cm³/mol. The van der Waals surface area contributed by atoms with E-state index in [1.807, 2.05) is 19.1 Å². The van der Waals surface area contributed by atoms with Gasteiger partial charge >= 0.3 is 17.9 Å². The van der Waals surface area contributed by atoms with Crippen molar-refractivity contribution in [3.63, 3.8) is 0 Å². The van der Waals surface area contributed by atoms with Crippen molar-refractivity contribution in [3.8, 4) is 5.75 Å². The second-order valence-electron chi connectivity index (χ2n) is 7.15. The van der Waals surface area contributed by atoms with Gasteiger partial charge in [-0.25, -0.2) is 0 Å². The van der Waals surface area contributed by atoms with Crippen LogP contribution in [0.5, 0.6) is 5.75 Å². The summed E-state index contributed by atoms with van der Waals surface area (Å²) in [5.41, 5.74) is 1.01. The molecule has 0 saturated carbocycles. The molecule has 0 spiro atoms. The lowest BCUT2D eigenvalue weighted by Crippen LogP contribution is -2.67. The van der Waals surface area contributed by atoms with Gasteiger partial charge in [0, 0.05) is 27.7 Å². The fourth-order valence-electron chi connectivity index (χ4n) is 3.14. The van der Waals surface area contributed by atoms with Crippen LogP contribution in [0.15, 0.2) is 24.3 Å². The Kier molecular flexibility index (Phi) is 8.38. The molecule has 1 aliphatic heterocycles. The van der Waals surface area contributed by atoms with Gasteiger partial charge in [-0.3, -0.25) is 19.2 Å². The molecule has 0 aromatic heterocycles. The summed E-state index contributed by atoms with van der Waals surface area (Å²) in [6.07, 6.45) is -4.47. The second kappa shape index (κ2) is 10.8. The maximum Gasteiger partial charge on any atom is 0.303 e. The number of benzene rings is 1. The third-order valence-electron chi connectivity index (χ3n) is 4.34. The van der Waals surface area contributed by atoms with Crippen LogP contribution in [0.2, 0.25) is 0 Å². The lowest BCUT2D eigenvalue weighted by Gasteiger charge is -2.44. The van der Waals surface area contributed by atoms with Gasteiger partial charge in [-0.15, -0.1) is 0 Å². The van der Waals surface area contributed by atoms with E-state index in [4.69, 9.17) is 23.7 Å². The number of hydrogen-bond acceptors (Lipinski definition) is 9. The molecule has 0 unspecified atom stereocenters. The van der Waals surface area contributed by atoms with E-state index < -0.39 is 54.5 Å². The zero-order valence-corrected chi connectivity index (χ0v) is 18.1. The number of carbonyl (C=O) groups is 4. The Balaban J connectivity index is 2.43. The third kappa shape index (κ3) is 7.25. The topological polar surface area (TPSA) is 126 Å². The van der Waals surface area contributed by atoms with Gasteiger partial charge in [0.15, 0.2) is 12.2 Å². The Morgan fingerprint density at radius 3 is 2.00 bits per heavy atom. The average molecular weight is 437 g/mol. The van der Waals surface area contributed by atoms with E-state index in [0.717, 1.165) is 5.56 Å². The smallest absolute Gasteiger partial charge is 0.303 e. The van der Waals surface area contributed by atoms with Gasteiger partial charge in [0.1, 0.15) is 24.5 Å². The number of esters is 3. The lowest BCUT2D eigenvalue weighted by molar-refractivity contribution is -0.257. The van der Waals surface area contributed by atoms with E-state index in [1.54, 1.807) is 12.1 Å². The molecule has 1 saturated heterocycles. The van der Waals surface area contributed by atoms with Crippen molar-refractivity contribution in [1.29, 1.82) is 0 Å². The van der Waals surface area contributed by atoms with E-state index in [9.17, 15) is 19.2 Å². The van der Waals surface area contributed by atoms with Crippen molar-refractivity contribution >= 4 is 23.8 Å². The largest absolute Gasteiger partial charge is 0.463 e. The van der Waals surface area contributed by atoms with Gasteiger partial charge < -0.3 is 29.0 Å². The van der Waals surface area contributed by atoms with Crippen LogP contribution in [-0.4, -0.2) is 61.1 Å². The highest BCUT2D eigenvalue weighted by atomic mass is 16.7. The molecule has 0 radical (unpaired) electrons. The van der Waals surface area contributed by atoms with Gasteiger partial charge in [-0.05, 0) is 19.1 Å². The van der Waals surface area contributed by atoms with Gasteiger partial charge in [-0.2, -0.15) is 0 Å². The zero-order chi connectivity index (χ0) is 23.1. The summed E-state index contributed by atoms with van der Waals surface area (Å²) in [4.78, 5) is 46.7. The molecular weight excluding hydrogens is 410 g/mol. The van der Waals surface area contributed by atoms with Crippen LogP contribution in [0.4, 0.5) is 0 Å². The molecule has 1 aliphatic rings. The molecule has 170 valence electrons. The van der Waals surface area contributed by atoms with Gasteiger partial charge in [0.05, 0.1) is 0 Å². The van der Waals surface area contributed by atoms with E-state index in [-0.39, 0.29) is 6.61 Å². The predicted octanol–water partition coefficient (Wildman–Crippen LogP) is 1.03.